The predicted octanol–water partition coefficient (Wildman–Crippen LogP) is 0.836. The zero-order valence-electron chi connectivity index (χ0n) is 6.89. The third-order valence-electron chi connectivity index (χ3n) is 2.45. The number of fused-ring (bicyclic) bond motifs is 1. The van der Waals surface area contributed by atoms with Gasteiger partial charge in [0.2, 0.25) is 0 Å². The smallest absolute Gasteiger partial charge is 0.251 e. The summed E-state index contributed by atoms with van der Waals surface area (Å²) >= 11 is 0. The molecular formula is C9H12N2O. The summed E-state index contributed by atoms with van der Waals surface area (Å²) in [4.78, 5) is 14.0. The third kappa shape index (κ3) is 1.02. The van der Waals surface area contributed by atoms with Gasteiger partial charge in [-0.1, -0.05) is 0 Å². The zero-order valence-corrected chi connectivity index (χ0v) is 6.89. The van der Waals surface area contributed by atoms with Crippen molar-refractivity contribution in [2.75, 3.05) is 5.73 Å². The second kappa shape index (κ2) is 2.66. The van der Waals surface area contributed by atoms with E-state index in [4.69, 9.17) is 5.73 Å². The van der Waals surface area contributed by atoms with Gasteiger partial charge in [0, 0.05) is 11.8 Å². The maximum atomic E-state index is 11.3. The first-order chi connectivity index (χ1) is 5.79. The van der Waals surface area contributed by atoms with Gasteiger partial charge in [-0.3, -0.25) is 4.79 Å². The average Bonchev–Trinajstić information content (AvgIpc) is 2.12. The largest absolute Gasteiger partial charge is 0.397 e. The van der Waals surface area contributed by atoms with Crippen LogP contribution in [0.1, 0.15) is 24.0 Å². The molecule has 0 aromatic carbocycles. The summed E-state index contributed by atoms with van der Waals surface area (Å²) < 4.78 is 0. The van der Waals surface area contributed by atoms with Crippen molar-refractivity contribution in [2.45, 2.75) is 25.7 Å². The van der Waals surface area contributed by atoms with Gasteiger partial charge in [0.1, 0.15) is 0 Å². The van der Waals surface area contributed by atoms with Crippen molar-refractivity contribution in [2.24, 2.45) is 0 Å². The van der Waals surface area contributed by atoms with E-state index in [9.17, 15) is 4.79 Å². The van der Waals surface area contributed by atoms with Gasteiger partial charge in [-0.15, -0.1) is 0 Å². The van der Waals surface area contributed by atoms with Crippen LogP contribution in [0.15, 0.2) is 11.0 Å². The first-order valence-corrected chi connectivity index (χ1v) is 4.28. The van der Waals surface area contributed by atoms with Gasteiger partial charge >= 0.3 is 0 Å². The number of aromatic nitrogens is 1. The Bertz CT molecular complexity index is 354. The molecule has 3 heteroatoms. The maximum absolute atomic E-state index is 11.3. The van der Waals surface area contributed by atoms with E-state index in [-0.39, 0.29) is 5.56 Å². The number of nitrogens with one attached hydrogen (secondary N) is 1. The van der Waals surface area contributed by atoms with E-state index in [1.54, 1.807) is 6.20 Å². The van der Waals surface area contributed by atoms with E-state index in [0.717, 1.165) is 42.5 Å². The molecule has 0 bridgehead atoms. The Kier molecular flexibility index (Phi) is 1.64. The van der Waals surface area contributed by atoms with Crippen LogP contribution in [-0.4, -0.2) is 4.98 Å². The van der Waals surface area contributed by atoms with Gasteiger partial charge in [0.05, 0.1) is 5.69 Å². The first kappa shape index (κ1) is 7.40. The number of H-pyrrole nitrogens is 1. The number of nitrogens with two attached hydrogens (primary N) is 1. The van der Waals surface area contributed by atoms with Crippen molar-refractivity contribution in [1.82, 2.24) is 4.98 Å². The Balaban J connectivity index is 2.64. The van der Waals surface area contributed by atoms with Gasteiger partial charge in [0.25, 0.3) is 5.56 Å². The van der Waals surface area contributed by atoms with Crippen LogP contribution in [0.5, 0.6) is 0 Å². The Labute approximate surface area is 70.6 Å². The second-order valence-electron chi connectivity index (χ2n) is 3.24. The number of hydrogen-bond donors (Lipinski definition) is 2. The zero-order chi connectivity index (χ0) is 8.55. The van der Waals surface area contributed by atoms with Gasteiger partial charge in [-0.25, -0.2) is 0 Å². The molecule has 1 aromatic heterocycles. The van der Waals surface area contributed by atoms with Crippen LogP contribution in [0.25, 0.3) is 0 Å². The molecule has 1 aliphatic rings. The van der Waals surface area contributed by atoms with Crippen molar-refractivity contribution in [1.29, 1.82) is 0 Å². The maximum Gasteiger partial charge on any atom is 0.251 e. The summed E-state index contributed by atoms with van der Waals surface area (Å²) in [5.41, 5.74) is 8.50. The summed E-state index contributed by atoms with van der Waals surface area (Å²) in [5.74, 6) is 0. The lowest BCUT2D eigenvalue weighted by molar-refractivity contribution is 0.678. The quantitative estimate of drug-likeness (QED) is 0.596. The first-order valence-electron chi connectivity index (χ1n) is 4.28. The van der Waals surface area contributed by atoms with Gasteiger partial charge in [-0.05, 0) is 31.2 Å². The highest BCUT2D eigenvalue weighted by atomic mass is 16.1. The molecular weight excluding hydrogens is 152 g/mol. The average molecular weight is 164 g/mol. The fourth-order valence-electron chi connectivity index (χ4n) is 1.79. The molecule has 12 heavy (non-hydrogen) atoms. The molecule has 3 N–H and O–H groups in total. The molecule has 1 aliphatic carbocycles. The number of anilines is 1. The van der Waals surface area contributed by atoms with E-state index in [1.807, 2.05) is 0 Å². The SMILES string of the molecule is Nc1c[nH]c(=O)c2c1CCCC2. The van der Waals surface area contributed by atoms with E-state index >= 15 is 0 Å². The molecule has 0 spiro atoms. The molecule has 0 saturated carbocycles. The van der Waals surface area contributed by atoms with Crippen LogP contribution in [-0.2, 0) is 12.8 Å². The van der Waals surface area contributed by atoms with Crippen molar-refractivity contribution >= 4 is 5.69 Å². The molecule has 2 rings (SSSR count). The lowest BCUT2D eigenvalue weighted by Crippen LogP contribution is -2.19. The Hall–Kier alpha value is -1.25. The molecule has 3 nitrogen and oxygen atoms in total. The molecule has 1 heterocycles. The second-order valence-corrected chi connectivity index (χ2v) is 3.24. The lowest BCUT2D eigenvalue weighted by atomic mass is 9.92. The molecule has 1 aromatic rings. The summed E-state index contributed by atoms with van der Waals surface area (Å²) in [6.07, 6.45) is 5.72. The monoisotopic (exact) mass is 164 g/mol. The molecule has 0 radical (unpaired) electrons. The molecule has 64 valence electrons. The number of pyridine rings is 1. The minimum Gasteiger partial charge on any atom is -0.397 e. The summed E-state index contributed by atoms with van der Waals surface area (Å²) in [5, 5.41) is 0. The third-order valence-corrected chi connectivity index (χ3v) is 2.45. The van der Waals surface area contributed by atoms with E-state index in [2.05, 4.69) is 4.98 Å². The standard InChI is InChI=1S/C9H12N2O/c10-8-5-11-9(12)7-4-2-1-3-6(7)8/h5H,1-4,10H2,(H,11,12). The highest BCUT2D eigenvalue weighted by Crippen LogP contribution is 2.21. The van der Waals surface area contributed by atoms with E-state index in [0.29, 0.717) is 0 Å². The lowest BCUT2D eigenvalue weighted by Gasteiger charge is -2.15. The van der Waals surface area contributed by atoms with Crippen molar-refractivity contribution in [3.8, 4) is 0 Å². The Morgan fingerprint density at radius 1 is 1.25 bits per heavy atom. The van der Waals surface area contributed by atoms with Crippen LogP contribution < -0.4 is 11.3 Å². The number of aromatic amines is 1. The van der Waals surface area contributed by atoms with Crippen molar-refractivity contribution in [3.63, 3.8) is 0 Å². The molecule has 0 unspecified atom stereocenters. The van der Waals surface area contributed by atoms with Crippen LogP contribution in [0.3, 0.4) is 0 Å². The van der Waals surface area contributed by atoms with Crippen LogP contribution in [0.2, 0.25) is 0 Å². The van der Waals surface area contributed by atoms with E-state index in [1.165, 1.54) is 0 Å². The highest BCUT2D eigenvalue weighted by molar-refractivity contribution is 5.49. The Morgan fingerprint density at radius 3 is 2.58 bits per heavy atom. The summed E-state index contributed by atoms with van der Waals surface area (Å²) in [6.45, 7) is 0. The fourth-order valence-corrected chi connectivity index (χ4v) is 1.79. The molecule has 0 fully saturated rings. The topological polar surface area (TPSA) is 58.9 Å². The summed E-state index contributed by atoms with van der Waals surface area (Å²) in [7, 11) is 0. The van der Waals surface area contributed by atoms with Crippen LogP contribution in [0, 0.1) is 0 Å². The number of nitrogen functional groups attached to an aromatic ring is 1. The van der Waals surface area contributed by atoms with Gasteiger partial charge < -0.3 is 10.7 Å². The normalized spacial score (nSPS) is 15.7. The number of rotatable bonds is 0. The molecule has 0 saturated heterocycles. The van der Waals surface area contributed by atoms with Gasteiger partial charge in [-0.2, -0.15) is 0 Å². The minimum atomic E-state index is 0.0406. The Morgan fingerprint density at radius 2 is 1.92 bits per heavy atom. The molecule has 0 aliphatic heterocycles. The van der Waals surface area contributed by atoms with E-state index < -0.39 is 0 Å². The summed E-state index contributed by atoms with van der Waals surface area (Å²) in [6, 6.07) is 0. The van der Waals surface area contributed by atoms with Crippen LogP contribution >= 0.6 is 0 Å². The van der Waals surface area contributed by atoms with Crippen molar-refractivity contribution in [3.05, 3.63) is 27.7 Å². The number of hydrogen-bond acceptors (Lipinski definition) is 2. The minimum absolute atomic E-state index is 0.0406. The van der Waals surface area contributed by atoms with Crippen LogP contribution in [0.4, 0.5) is 5.69 Å². The fraction of sp³-hybridized carbons (Fsp3) is 0.444. The predicted molar refractivity (Wildman–Crippen MR) is 48.1 cm³/mol. The highest BCUT2D eigenvalue weighted by Gasteiger charge is 2.14. The van der Waals surface area contributed by atoms with Crippen molar-refractivity contribution < 1.29 is 0 Å². The van der Waals surface area contributed by atoms with Gasteiger partial charge in [0.15, 0.2) is 0 Å². The molecule has 0 amide bonds. The molecule has 0 atom stereocenters.